The van der Waals surface area contributed by atoms with Crippen LogP contribution in [0.2, 0.25) is 5.02 Å². The molecule has 0 amide bonds. The molecule has 1 atom stereocenters. The van der Waals surface area contributed by atoms with E-state index in [0.717, 1.165) is 42.0 Å². The SMILES string of the molecule is O=Cc1cc(C2(Cc3cccc(Cl)c3)CCCN2)cs1. The van der Waals surface area contributed by atoms with Gasteiger partial charge in [-0.05, 0) is 60.5 Å². The van der Waals surface area contributed by atoms with Gasteiger partial charge < -0.3 is 5.32 Å². The van der Waals surface area contributed by atoms with Gasteiger partial charge in [-0.15, -0.1) is 11.3 Å². The van der Waals surface area contributed by atoms with Crippen molar-refractivity contribution >= 4 is 29.2 Å². The van der Waals surface area contributed by atoms with Crippen molar-refractivity contribution in [2.75, 3.05) is 6.54 Å². The molecule has 1 aromatic heterocycles. The molecule has 1 saturated heterocycles. The molecule has 20 heavy (non-hydrogen) atoms. The largest absolute Gasteiger partial charge is 0.307 e. The van der Waals surface area contributed by atoms with E-state index in [-0.39, 0.29) is 5.54 Å². The van der Waals surface area contributed by atoms with E-state index >= 15 is 0 Å². The van der Waals surface area contributed by atoms with Crippen molar-refractivity contribution in [3.05, 3.63) is 56.7 Å². The summed E-state index contributed by atoms with van der Waals surface area (Å²) in [5.74, 6) is 0. The minimum Gasteiger partial charge on any atom is -0.307 e. The molecular formula is C16H16ClNOS. The minimum atomic E-state index is -0.0531. The van der Waals surface area contributed by atoms with Crippen molar-refractivity contribution in [2.45, 2.75) is 24.8 Å². The molecule has 2 aromatic rings. The minimum absolute atomic E-state index is 0.0531. The third kappa shape index (κ3) is 2.66. The zero-order valence-corrected chi connectivity index (χ0v) is 12.6. The second-order valence-corrected chi connectivity index (χ2v) is 6.65. The summed E-state index contributed by atoms with van der Waals surface area (Å²) < 4.78 is 0. The summed E-state index contributed by atoms with van der Waals surface area (Å²) in [6, 6.07) is 10.0. The highest BCUT2D eigenvalue weighted by Crippen LogP contribution is 2.36. The molecule has 104 valence electrons. The van der Waals surface area contributed by atoms with E-state index in [1.165, 1.54) is 22.5 Å². The molecule has 0 spiro atoms. The third-order valence-corrected chi connectivity index (χ3v) is 5.02. The Balaban J connectivity index is 1.93. The maximum Gasteiger partial charge on any atom is 0.160 e. The second kappa shape index (κ2) is 5.68. The topological polar surface area (TPSA) is 29.1 Å². The highest BCUT2D eigenvalue weighted by Gasteiger charge is 2.36. The molecule has 1 fully saturated rings. The summed E-state index contributed by atoms with van der Waals surface area (Å²) >= 11 is 7.60. The van der Waals surface area contributed by atoms with Crippen LogP contribution in [0, 0.1) is 0 Å². The molecule has 2 heterocycles. The third-order valence-electron chi connectivity index (χ3n) is 3.93. The average molecular weight is 306 g/mol. The highest BCUT2D eigenvalue weighted by atomic mass is 35.5. The van der Waals surface area contributed by atoms with Gasteiger partial charge in [0.05, 0.1) is 4.88 Å². The second-order valence-electron chi connectivity index (χ2n) is 5.27. The lowest BCUT2D eigenvalue weighted by atomic mass is 9.84. The van der Waals surface area contributed by atoms with Crippen LogP contribution in [0.25, 0.3) is 0 Å². The van der Waals surface area contributed by atoms with Gasteiger partial charge in [0, 0.05) is 10.6 Å². The zero-order chi connectivity index (χ0) is 14.0. The fourth-order valence-electron chi connectivity index (χ4n) is 2.97. The van der Waals surface area contributed by atoms with Gasteiger partial charge in [0.1, 0.15) is 0 Å². The molecular weight excluding hydrogens is 290 g/mol. The number of benzene rings is 1. The molecule has 1 unspecified atom stereocenters. The Labute approximate surface area is 127 Å². The first kappa shape index (κ1) is 13.8. The predicted octanol–water partition coefficient (Wildman–Crippen LogP) is 4.04. The monoisotopic (exact) mass is 305 g/mol. The fourth-order valence-corrected chi connectivity index (χ4v) is 3.99. The predicted molar refractivity (Wildman–Crippen MR) is 83.8 cm³/mol. The Bertz CT molecular complexity index is 616. The van der Waals surface area contributed by atoms with Crippen LogP contribution in [-0.4, -0.2) is 12.8 Å². The maximum atomic E-state index is 10.9. The summed E-state index contributed by atoms with van der Waals surface area (Å²) in [4.78, 5) is 11.7. The molecule has 0 saturated carbocycles. The molecule has 4 heteroatoms. The molecule has 1 aliphatic heterocycles. The number of halogens is 1. The van der Waals surface area contributed by atoms with Crippen molar-refractivity contribution in [3.8, 4) is 0 Å². The van der Waals surface area contributed by atoms with Crippen LogP contribution >= 0.6 is 22.9 Å². The van der Waals surface area contributed by atoms with Crippen molar-refractivity contribution in [3.63, 3.8) is 0 Å². The lowest BCUT2D eigenvalue weighted by molar-refractivity contribution is 0.112. The molecule has 1 N–H and O–H groups in total. The Kier molecular flexibility index (Phi) is 3.92. The van der Waals surface area contributed by atoms with E-state index in [1.54, 1.807) is 0 Å². The van der Waals surface area contributed by atoms with Gasteiger partial charge in [-0.1, -0.05) is 23.7 Å². The van der Waals surface area contributed by atoms with E-state index in [2.05, 4.69) is 16.8 Å². The van der Waals surface area contributed by atoms with Gasteiger partial charge in [-0.2, -0.15) is 0 Å². The molecule has 0 radical (unpaired) electrons. The number of nitrogens with one attached hydrogen (secondary N) is 1. The lowest BCUT2D eigenvalue weighted by Crippen LogP contribution is -2.38. The van der Waals surface area contributed by atoms with Gasteiger partial charge in [-0.25, -0.2) is 0 Å². The average Bonchev–Trinajstić information content (AvgIpc) is 3.07. The van der Waals surface area contributed by atoms with Gasteiger partial charge in [-0.3, -0.25) is 4.79 Å². The van der Waals surface area contributed by atoms with Crippen molar-refractivity contribution in [2.24, 2.45) is 0 Å². The van der Waals surface area contributed by atoms with Crippen LogP contribution in [0.15, 0.2) is 35.7 Å². The maximum absolute atomic E-state index is 10.9. The van der Waals surface area contributed by atoms with Crippen LogP contribution in [-0.2, 0) is 12.0 Å². The highest BCUT2D eigenvalue weighted by molar-refractivity contribution is 7.11. The molecule has 3 rings (SSSR count). The van der Waals surface area contributed by atoms with Crippen LogP contribution in [0.5, 0.6) is 0 Å². The number of hydrogen-bond donors (Lipinski definition) is 1. The molecule has 2 nitrogen and oxygen atoms in total. The quantitative estimate of drug-likeness (QED) is 0.864. The standard InChI is InChI=1S/C16H16ClNOS/c17-14-4-1-3-12(7-14)9-16(5-2-6-18-16)13-8-15(10-19)20-11-13/h1,3-4,7-8,10-11,18H,2,5-6,9H2. The zero-order valence-electron chi connectivity index (χ0n) is 11.1. The summed E-state index contributed by atoms with van der Waals surface area (Å²) in [6.07, 6.45) is 4.08. The number of hydrogen-bond acceptors (Lipinski definition) is 3. The number of carbonyl (C=O) groups excluding carboxylic acids is 1. The molecule has 1 aliphatic rings. The smallest absolute Gasteiger partial charge is 0.160 e. The van der Waals surface area contributed by atoms with Crippen LogP contribution in [0.1, 0.15) is 33.6 Å². The van der Waals surface area contributed by atoms with Crippen LogP contribution in [0.3, 0.4) is 0 Å². The van der Waals surface area contributed by atoms with E-state index in [1.807, 2.05) is 24.3 Å². The Hall–Kier alpha value is -1.16. The Morgan fingerprint density at radius 2 is 2.30 bits per heavy atom. The van der Waals surface area contributed by atoms with Crippen LogP contribution in [0.4, 0.5) is 0 Å². The summed E-state index contributed by atoms with van der Waals surface area (Å²) in [5.41, 5.74) is 2.40. The van der Waals surface area contributed by atoms with Gasteiger partial charge in [0.15, 0.2) is 6.29 Å². The van der Waals surface area contributed by atoms with E-state index < -0.39 is 0 Å². The molecule has 0 bridgehead atoms. The van der Waals surface area contributed by atoms with Gasteiger partial charge in [0.2, 0.25) is 0 Å². The molecule has 1 aromatic carbocycles. The van der Waals surface area contributed by atoms with Crippen molar-refractivity contribution < 1.29 is 4.79 Å². The first-order valence-corrected chi connectivity index (χ1v) is 8.01. The van der Waals surface area contributed by atoms with E-state index in [0.29, 0.717) is 0 Å². The van der Waals surface area contributed by atoms with Crippen molar-refractivity contribution in [1.82, 2.24) is 5.32 Å². The first-order chi connectivity index (χ1) is 9.72. The number of rotatable bonds is 4. The first-order valence-electron chi connectivity index (χ1n) is 6.75. The Morgan fingerprint density at radius 3 is 2.95 bits per heavy atom. The summed E-state index contributed by atoms with van der Waals surface area (Å²) in [5, 5.41) is 6.52. The fraction of sp³-hybridized carbons (Fsp3) is 0.312. The number of thiophene rings is 1. The van der Waals surface area contributed by atoms with Gasteiger partial charge in [0.25, 0.3) is 0 Å². The summed E-state index contributed by atoms with van der Waals surface area (Å²) in [7, 11) is 0. The normalized spacial score (nSPS) is 22.1. The van der Waals surface area contributed by atoms with Crippen LogP contribution < -0.4 is 5.32 Å². The van der Waals surface area contributed by atoms with Crippen molar-refractivity contribution in [1.29, 1.82) is 0 Å². The molecule has 0 aliphatic carbocycles. The van der Waals surface area contributed by atoms with E-state index in [4.69, 9.17) is 11.6 Å². The lowest BCUT2D eigenvalue weighted by Gasteiger charge is -2.29. The summed E-state index contributed by atoms with van der Waals surface area (Å²) in [6.45, 7) is 1.02. The number of carbonyl (C=O) groups is 1. The number of aldehydes is 1. The Morgan fingerprint density at radius 1 is 1.40 bits per heavy atom. The van der Waals surface area contributed by atoms with E-state index in [9.17, 15) is 4.79 Å². The van der Waals surface area contributed by atoms with Gasteiger partial charge >= 0.3 is 0 Å².